The Balaban J connectivity index is 2.27. The first kappa shape index (κ1) is 8.27. The molecule has 1 aromatic heterocycles. The van der Waals surface area contributed by atoms with E-state index in [1.54, 1.807) is 7.11 Å². The molecule has 3 heteroatoms. The summed E-state index contributed by atoms with van der Waals surface area (Å²) in [6.07, 6.45) is 1.94. The molecule has 62 valence electrons. The highest BCUT2D eigenvalue weighted by Gasteiger charge is 1.98. The normalized spacial score (nSPS) is 10.4. The number of aromatic nitrogens is 1. The molecule has 1 rings (SSSR count). The first-order chi connectivity index (χ1) is 5.33. The fraction of sp³-hybridized carbons (Fsp3) is 0.625. The highest BCUT2D eigenvalue weighted by molar-refractivity contribution is 5.03. The van der Waals surface area contributed by atoms with Crippen LogP contribution in [-0.4, -0.2) is 18.9 Å². The lowest BCUT2D eigenvalue weighted by molar-refractivity contribution is 0.194. The van der Waals surface area contributed by atoms with Crippen molar-refractivity contribution in [1.82, 2.24) is 5.16 Å². The van der Waals surface area contributed by atoms with Crippen LogP contribution in [0.25, 0.3) is 0 Å². The average Bonchev–Trinajstić information content (AvgIpc) is 2.37. The number of rotatable bonds is 4. The zero-order valence-electron chi connectivity index (χ0n) is 6.96. The summed E-state index contributed by atoms with van der Waals surface area (Å²) in [7, 11) is 1.70. The van der Waals surface area contributed by atoms with Gasteiger partial charge in [0.25, 0.3) is 0 Å². The fourth-order valence-corrected chi connectivity index (χ4v) is 0.933. The lowest BCUT2D eigenvalue weighted by atomic mass is 10.2. The Bertz CT molecular complexity index is 208. The third-order valence-corrected chi connectivity index (χ3v) is 1.46. The Kier molecular flexibility index (Phi) is 3.11. The highest BCUT2D eigenvalue weighted by Crippen LogP contribution is 2.03. The molecule has 1 heterocycles. The summed E-state index contributed by atoms with van der Waals surface area (Å²) >= 11 is 0. The van der Waals surface area contributed by atoms with Gasteiger partial charge in [0.2, 0.25) is 0 Å². The minimum atomic E-state index is 0.784. The van der Waals surface area contributed by atoms with Gasteiger partial charge in [0, 0.05) is 19.8 Å². The van der Waals surface area contributed by atoms with Crippen LogP contribution in [0.3, 0.4) is 0 Å². The van der Waals surface area contributed by atoms with Gasteiger partial charge in [-0.2, -0.15) is 0 Å². The van der Waals surface area contributed by atoms with Gasteiger partial charge < -0.3 is 9.26 Å². The Morgan fingerprint density at radius 1 is 1.64 bits per heavy atom. The van der Waals surface area contributed by atoms with E-state index in [0.29, 0.717) is 0 Å². The van der Waals surface area contributed by atoms with Crippen molar-refractivity contribution in [2.75, 3.05) is 13.7 Å². The number of methoxy groups -OCH3 is 1. The van der Waals surface area contributed by atoms with Crippen LogP contribution in [0.15, 0.2) is 10.6 Å². The van der Waals surface area contributed by atoms with Crippen LogP contribution >= 0.6 is 0 Å². The zero-order valence-corrected chi connectivity index (χ0v) is 6.96. The molecule has 0 aromatic carbocycles. The van der Waals surface area contributed by atoms with Crippen LogP contribution in [0.5, 0.6) is 0 Å². The molecule has 0 bridgehead atoms. The summed E-state index contributed by atoms with van der Waals surface area (Å²) in [5, 5.41) is 3.86. The monoisotopic (exact) mass is 155 g/mol. The van der Waals surface area contributed by atoms with Crippen molar-refractivity contribution in [2.45, 2.75) is 19.8 Å². The maximum Gasteiger partial charge on any atom is 0.133 e. The van der Waals surface area contributed by atoms with Gasteiger partial charge in [-0.3, -0.25) is 0 Å². The molecule has 0 radical (unpaired) electrons. The molecule has 0 unspecified atom stereocenters. The molecule has 3 nitrogen and oxygen atoms in total. The topological polar surface area (TPSA) is 35.3 Å². The molecule has 0 saturated heterocycles. The van der Waals surface area contributed by atoms with Crippen molar-refractivity contribution in [3.63, 3.8) is 0 Å². The van der Waals surface area contributed by atoms with Crippen molar-refractivity contribution in [2.24, 2.45) is 0 Å². The van der Waals surface area contributed by atoms with Crippen molar-refractivity contribution >= 4 is 0 Å². The van der Waals surface area contributed by atoms with Crippen LogP contribution in [0.4, 0.5) is 0 Å². The third kappa shape index (κ3) is 2.72. The molecule has 0 aliphatic carbocycles. The van der Waals surface area contributed by atoms with E-state index in [1.807, 2.05) is 13.0 Å². The van der Waals surface area contributed by atoms with Crippen molar-refractivity contribution in [3.05, 3.63) is 17.5 Å². The molecular weight excluding hydrogens is 142 g/mol. The Morgan fingerprint density at radius 3 is 3.00 bits per heavy atom. The summed E-state index contributed by atoms with van der Waals surface area (Å²) in [6.45, 7) is 2.68. The minimum Gasteiger partial charge on any atom is -0.385 e. The van der Waals surface area contributed by atoms with E-state index in [-0.39, 0.29) is 0 Å². The van der Waals surface area contributed by atoms with E-state index in [1.165, 1.54) is 0 Å². The Hall–Kier alpha value is -0.830. The first-order valence-electron chi connectivity index (χ1n) is 3.74. The van der Waals surface area contributed by atoms with E-state index in [0.717, 1.165) is 30.9 Å². The third-order valence-electron chi connectivity index (χ3n) is 1.46. The Labute approximate surface area is 66.3 Å². The molecule has 11 heavy (non-hydrogen) atoms. The maximum atomic E-state index is 4.91. The van der Waals surface area contributed by atoms with Crippen molar-refractivity contribution in [1.29, 1.82) is 0 Å². The second-order valence-electron chi connectivity index (χ2n) is 2.53. The van der Waals surface area contributed by atoms with Gasteiger partial charge in [0.05, 0.1) is 5.69 Å². The second-order valence-corrected chi connectivity index (χ2v) is 2.53. The summed E-state index contributed by atoms with van der Waals surface area (Å²) in [4.78, 5) is 0. The number of hydrogen-bond acceptors (Lipinski definition) is 3. The van der Waals surface area contributed by atoms with E-state index in [4.69, 9.17) is 9.26 Å². The smallest absolute Gasteiger partial charge is 0.133 e. The molecular formula is C8H13NO2. The summed E-state index contributed by atoms with van der Waals surface area (Å²) in [6, 6.07) is 1.95. The van der Waals surface area contributed by atoms with Crippen LogP contribution in [0.1, 0.15) is 17.9 Å². The van der Waals surface area contributed by atoms with Gasteiger partial charge in [-0.15, -0.1) is 0 Å². The van der Waals surface area contributed by atoms with Crippen LogP contribution in [0, 0.1) is 6.92 Å². The summed E-state index contributed by atoms with van der Waals surface area (Å²) in [5.74, 6) is 0.873. The quantitative estimate of drug-likeness (QED) is 0.619. The molecule has 0 aliphatic rings. The van der Waals surface area contributed by atoms with E-state index < -0.39 is 0 Å². The predicted molar refractivity (Wildman–Crippen MR) is 41.4 cm³/mol. The van der Waals surface area contributed by atoms with Crippen LogP contribution in [0.2, 0.25) is 0 Å². The fourth-order valence-electron chi connectivity index (χ4n) is 0.933. The maximum absolute atomic E-state index is 4.91. The molecule has 0 saturated carbocycles. The molecule has 0 atom stereocenters. The predicted octanol–water partition coefficient (Wildman–Crippen LogP) is 1.56. The average molecular weight is 155 g/mol. The summed E-state index contributed by atoms with van der Waals surface area (Å²) in [5.41, 5.74) is 1.01. The first-order valence-corrected chi connectivity index (χ1v) is 3.74. The van der Waals surface area contributed by atoms with Crippen LogP contribution < -0.4 is 0 Å². The number of ether oxygens (including phenoxy) is 1. The lowest BCUT2D eigenvalue weighted by Gasteiger charge is -1.93. The van der Waals surface area contributed by atoms with E-state index >= 15 is 0 Å². The van der Waals surface area contributed by atoms with Gasteiger partial charge in [-0.25, -0.2) is 0 Å². The molecule has 0 aliphatic heterocycles. The minimum absolute atomic E-state index is 0.784. The molecule has 1 aromatic rings. The van der Waals surface area contributed by atoms with Gasteiger partial charge in [0.15, 0.2) is 0 Å². The van der Waals surface area contributed by atoms with Gasteiger partial charge in [0.1, 0.15) is 5.76 Å². The molecule has 0 fully saturated rings. The number of aryl methyl sites for hydroxylation is 2. The Morgan fingerprint density at radius 2 is 2.45 bits per heavy atom. The number of hydrogen-bond donors (Lipinski definition) is 0. The SMILES string of the molecule is COCCCc1cc(C)on1. The van der Waals surface area contributed by atoms with Crippen molar-refractivity contribution in [3.8, 4) is 0 Å². The second kappa shape index (κ2) is 4.13. The zero-order chi connectivity index (χ0) is 8.10. The van der Waals surface area contributed by atoms with Gasteiger partial charge in [-0.1, -0.05) is 5.16 Å². The largest absolute Gasteiger partial charge is 0.385 e. The van der Waals surface area contributed by atoms with E-state index in [9.17, 15) is 0 Å². The van der Waals surface area contributed by atoms with E-state index in [2.05, 4.69) is 5.16 Å². The highest BCUT2D eigenvalue weighted by atomic mass is 16.5. The molecule has 0 N–H and O–H groups in total. The standard InChI is InChI=1S/C8H13NO2/c1-7-6-8(9-11-7)4-3-5-10-2/h6H,3-5H2,1-2H3. The molecule has 0 amide bonds. The van der Waals surface area contributed by atoms with Gasteiger partial charge in [-0.05, 0) is 19.8 Å². The van der Waals surface area contributed by atoms with Gasteiger partial charge >= 0.3 is 0 Å². The molecule has 0 spiro atoms. The number of nitrogens with zero attached hydrogens (tertiary/aromatic N) is 1. The van der Waals surface area contributed by atoms with Crippen molar-refractivity contribution < 1.29 is 9.26 Å². The van der Waals surface area contributed by atoms with Crippen LogP contribution in [-0.2, 0) is 11.2 Å². The lowest BCUT2D eigenvalue weighted by Crippen LogP contribution is -1.92. The summed E-state index contributed by atoms with van der Waals surface area (Å²) < 4.78 is 9.82.